The largest absolute Gasteiger partial charge is 0.368 e. The molecule has 2 amide bonds. The average Bonchev–Trinajstić information content (AvgIpc) is 2.67. The zero-order valence-electron chi connectivity index (χ0n) is 14.1. The fourth-order valence-corrected chi connectivity index (χ4v) is 3.05. The van der Waals surface area contributed by atoms with Crippen LogP contribution in [0.2, 0.25) is 0 Å². The van der Waals surface area contributed by atoms with Gasteiger partial charge >= 0.3 is 6.03 Å². The van der Waals surface area contributed by atoms with Crippen molar-refractivity contribution >= 4 is 11.7 Å². The van der Waals surface area contributed by atoms with Crippen LogP contribution in [0.5, 0.6) is 0 Å². The van der Waals surface area contributed by atoms with Gasteiger partial charge in [-0.3, -0.25) is 4.98 Å². The van der Waals surface area contributed by atoms with E-state index in [2.05, 4.69) is 46.4 Å². The lowest BCUT2D eigenvalue weighted by Gasteiger charge is -2.37. The summed E-state index contributed by atoms with van der Waals surface area (Å²) in [5, 5.41) is 2.95. The first kappa shape index (κ1) is 16.3. The van der Waals surface area contributed by atoms with Crippen molar-refractivity contribution < 1.29 is 4.79 Å². The third-order valence-electron chi connectivity index (χ3n) is 4.43. The lowest BCUT2D eigenvalue weighted by molar-refractivity contribution is 0.194. The smallest absolute Gasteiger partial charge is 0.317 e. The monoisotopic (exact) mass is 324 g/mol. The number of para-hydroxylation sites is 1. The molecule has 24 heavy (non-hydrogen) atoms. The van der Waals surface area contributed by atoms with Crippen molar-refractivity contribution in [2.75, 3.05) is 31.1 Å². The number of pyridine rings is 1. The predicted molar refractivity (Wildman–Crippen MR) is 96.1 cm³/mol. The SMILES string of the molecule is CCc1ccccc1N1CCN(C(=O)NCc2ccccn2)CC1. The van der Waals surface area contributed by atoms with Gasteiger partial charge in [-0.05, 0) is 30.2 Å². The molecule has 0 bridgehead atoms. The van der Waals surface area contributed by atoms with Crippen molar-refractivity contribution in [3.8, 4) is 0 Å². The van der Waals surface area contributed by atoms with Crippen LogP contribution >= 0.6 is 0 Å². The molecule has 1 aliphatic rings. The van der Waals surface area contributed by atoms with E-state index >= 15 is 0 Å². The van der Waals surface area contributed by atoms with Crippen molar-refractivity contribution in [2.24, 2.45) is 0 Å². The Morgan fingerprint density at radius 3 is 2.54 bits per heavy atom. The number of nitrogens with zero attached hydrogens (tertiary/aromatic N) is 3. The maximum absolute atomic E-state index is 12.3. The summed E-state index contributed by atoms with van der Waals surface area (Å²) in [6.45, 7) is 5.87. The molecule has 1 saturated heterocycles. The maximum Gasteiger partial charge on any atom is 0.317 e. The molecular formula is C19H24N4O. The van der Waals surface area contributed by atoms with Crippen LogP contribution < -0.4 is 10.2 Å². The van der Waals surface area contributed by atoms with Crippen molar-refractivity contribution in [3.05, 3.63) is 59.9 Å². The van der Waals surface area contributed by atoms with Crippen molar-refractivity contribution in [3.63, 3.8) is 0 Å². The number of rotatable bonds is 4. The van der Waals surface area contributed by atoms with Gasteiger partial charge in [-0.15, -0.1) is 0 Å². The van der Waals surface area contributed by atoms with E-state index in [9.17, 15) is 4.79 Å². The Morgan fingerprint density at radius 2 is 1.83 bits per heavy atom. The molecule has 1 aromatic heterocycles. The Kier molecular flexibility index (Phi) is 5.31. The first-order valence-corrected chi connectivity index (χ1v) is 8.53. The summed E-state index contributed by atoms with van der Waals surface area (Å²) in [5.74, 6) is 0. The number of piperazine rings is 1. The molecule has 3 rings (SSSR count). The highest BCUT2D eigenvalue weighted by atomic mass is 16.2. The van der Waals surface area contributed by atoms with Gasteiger partial charge in [0.25, 0.3) is 0 Å². The highest BCUT2D eigenvalue weighted by Gasteiger charge is 2.22. The molecule has 126 valence electrons. The Balaban J connectivity index is 1.52. The van der Waals surface area contributed by atoms with Crippen LogP contribution in [0, 0.1) is 0 Å². The number of urea groups is 1. The summed E-state index contributed by atoms with van der Waals surface area (Å²) in [4.78, 5) is 20.8. The molecule has 0 saturated carbocycles. The quantitative estimate of drug-likeness (QED) is 0.941. The summed E-state index contributed by atoms with van der Waals surface area (Å²) in [6.07, 6.45) is 2.77. The van der Waals surface area contributed by atoms with Crippen LogP contribution in [-0.4, -0.2) is 42.1 Å². The minimum atomic E-state index is -0.0101. The Hall–Kier alpha value is -2.56. The van der Waals surface area contributed by atoms with Crippen LogP contribution in [0.3, 0.4) is 0 Å². The Morgan fingerprint density at radius 1 is 1.08 bits per heavy atom. The predicted octanol–water partition coefficient (Wildman–Crippen LogP) is 2.68. The van der Waals surface area contributed by atoms with E-state index in [1.165, 1.54) is 11.3 Å². The molecule has 0 radical (unpaired) electrons. The van der Waals surface area contributed by atoms with Crippen LogP contribution in [0.15, 0.2) is 48.7 Å². The number of anilines is 1. The second kappa shape index (κ2) is 7.81. The maximum atomic E-state index is 12.3. The number of nitrogens with one attached hydrogen (secondary N) is 1. The van der Waals surface area contributed by atoms with E-state index in [1.54, 1.807) is 6.20 Å². The molecule has 0 aliphatic carbocycles. The van der Waals surface area contributed by atoms with Crippen LogP contribution in [-0.2, 0) is 13.0 Å². The standard InChI is InChI=1S/C19H24N4O/c1-2-16-7-3-4-9-18(16)22-11-13-23(14-12-22)19(24)21-15-17-8-5-6-10-20-17/h3-10H,2,11-15H2,1H3,(H,21,24). The summed E-state index contributed by atoms with van der Waals surface area (Å²) in [6, 6.07) is 14.2. The van der Waals surface area contributed by atoms with Crippen molar-refractivity contribution in [2.45, 2.75) is 19.9 Å². The summed E-state index contributed by atoms with van der Waals surface area (Å²) < 4.78 is 0. The van der Waals surface area contributed by atoms with Crippen molar-refractivity contribution in [1.82, 2.24) is 15.2 Å². The number of carbonyl (C=O) groups excluding carboxylic acids is 1. The second-order valence-electron chi connectivity index (χ2n) is 5.94. The minimum absolute atomic E-state index is 0.0101. The summed E-state index contributed by atoms with van der Waals surface area (Å²) in [5.41, 5.74) is 3.54. The fourth-order valence-electron chi connectivity index (χ4n) is 3.05. The first-order chi connectivity index (χ1) is 11.8. The molecule has 1 fully saturated rings. The minimum Gasteiger partial charge on any atom is -0.368 e. The van der Waals surface area contributed by atoms with Crippen LogP contribution in [0.4, 0.5) is 10.5 Å². The highest BCUT2D eigenvalue weighted by Crippen LogP contribution is 2.22. The molecule has 1 N–H and O–H groups in total. The number of benzene rings is 1. The van der Waals surface area contributed by atoms with Gasteiger partial charge in [0.15, 0.2) is 0 Å². The van der Waals surface area contributed by atoms with E-state index in [0.717, 1.165) is 38.3 Å². The molecular weight excluding hydrogens is 300 g/mol. The van der Waals surface area contributed by atoms with Gasteiger partial charge in [0.05, 0.1) is 12.2 Å². The third-order valence-corrected chi connectivity index (χ3v) is 4.43. The number of hydrogen-bond acceptors (Lipinski definition) is 3. The number of carbonyl (C=O) groups is 1. The number of aryl methyl sites for hydroxylation is 1. The highest BCUT2D eigenvalue weighted by molar-refractivity contribution is 5.74. The zero-order chi connectivity index (χ0) is 16.8. The van der Waals surface area contributed by atoms with Gasteiger partial charge in [0, 0.05) is 38.1 Å². The molecule has 5 heteroatoms. The molecule has 0 atom stereocenters. The average molecular weight is 324 g/mol. The number of hydrogen-bond donors (Lipinski definition) is 1. The fraction of sp³-hybridized carbons (Fsp3) is 0.368. The van der Waals surface area contributed by atoms with Gasteiger partial charge < -0.3 is 15.1 Å². The molecule has 1 aliphatic heterocycles. The molecule has 0 unspecified atom stereocenters. The number of amides is 2. The molecule has 0 spiro atoms. The van der Waals surface area contributed by atoms with E-state index in [1.807, 2.05) is 23.1 Å². The van der Waals surface area contributed by atoms with Crippen LogP contribution in [0.1, 0.15) is 18.2 Å². The van der Waals surface area contributed by atoms with E-state index in [-0.39, 0.29) is 6.03 Å². The van der Waals surface area contributed by atoms with Gasteiger partial charge in [-0.2, -0.15) is 0 Å². The Bertz CT molecular complexity index is 666. The normalized spacial score (nSPS) is 14.5. The summed E-state index contributed by atoms with van der Waals surface area (Å²) in [7, 11) is 0. The van der Waals surface area contributed by atoms with Gasteiger partial charge in [-0.1, -0.05) is 31.2 Å². The molecule has 1 aromatic carbocycles. The summed E-state index contributed by atoms with van der Waals surface area (Å²) >= 11 is 0. The second-order valence-corrected chi connectivity index (χ2v) is 5.94. The topological polar surface area (TPSA) is 48.5 Å². The van der Waals surface area contributed by atoms with Gasteiger partial charge in [-0.25, -0.2) is 4.79 Å². The lowest BCUT2D eigenvalue weighted by atomic mass is 10.1. The van der Waals surface area contributed by atoms with E-state index in [4.69, 9.17) is 0 Å². The van der Waals surface area contributed by atoms with E-state index in [0.29, 0.717) is 6.54 Å². The van der Waals surface area contributed by atoms with Gasteiger partial charge in [0.2, 0.25) is 0 Å². The van der Waals surface area contributed by atoms with Crippen molar-refractivity contribution in [1.29, 1.82) is 0 Å². The first-order valence-electron chi connectivity index (χ1n) is 8.53. The van der Waals surface area contributed by atoms with Crippen LogP contribution in [0.25, 0.3) is 0 Å². The lowest BCUT2D eigenvalue weighted by Crippen LogP contribution is -2.51. The van der Waals surface area contributed by atoms with E-state index < -0.39 is 0 Å². The van der Waals surface area contributed by atoms with Gasteiger partial charge in [0.1, 0.15) is 0 Å². The molecule has 2 aromatic rings. The molecule has 5 nitrogen and oxygen atoms in total. The molecule has 2 heterocycles. The number of aromatic nitrogens is 1. The zero-order valence-corrected chi connectivity index (χ0v) is 14.1. The Labute approximate surface area is 143 Å². The third kappa shape index (κ3) is 3.85.